The molecule has 7 heteroatoms. The van der Waals surface area contributed by atoms with Gasteiger partial charge in [-0.15, -0.1) is 0 Å². The van der Waals surface area contributed by atoms with E-state index in [1.807, 2.05) is 37.4 Å². The zero-order valence-electron chi connectivity index (χ0n) is 16.4. The molecule has 0 aliphatic carbocycles. The lowest BCUT2D eigenvalue weighted by Crippen LogP contribution is -2.49. The van der Waals surface area contributed by atoms with Crippen LogP contribution in [0.4, 0.5) is 5.69 Å². The molecule has 0 unspecified atom stereocenters. The molecule has 6 nitrogen and oxygen atoms in total. The second-order valence-electron chi connectivity index (χ2n) is 6.72. The van der Waals surface area contributed by atoms with Gasteiger partial charge in [0.1, 0.15) is 5.75 Å². The van der Waals surface area contributed by atoms with Crippen molar-refractivity contribution >= 4 is 23.0 Å². The third-order valence-electron chi connectivity index (χ3n) is 4.97. The molecular formula is C20H29N5OS. The SMILES string of the molecule is CCOc1ccc(NC(=S)N2CCN(Cc3cnn(CC)c3C)CC2)cc1. The first-order chi connectivity index (χ1) is 13.1. The first kappa shape index (κ1) is 19.6. The van der Waals surface area contributed by atoms with Gasteiger partial charge in [-0.2, -0.15) is 5.10 Å². The smallest absolute Gasteiger partial charge is 0.173 e. The standard InChI is InChI=1S/C20H29N5OS/c1-4-25-16(3)17(14-21-25)15-23-10-12-24(13-11-23)20(27)22-18-6-8-19(9-7-18)26-5-2/h6-9,14H,4-5,10-13,15H2,1-3H3,(H,22,27). The highest BCUT2D eigenvalue weighted by Crippen LogP contribution is 2.17. The summed E-state index contributed by atoms with van der Waals surface area (Å²) in [5, 5.41) is 8.57. The Morgan fingerprint density at radius 3 is 2.44 bits per heavy atom. The van der Waals surface area contributed by atoms with Crippen molar-refractivity contribution < 1.29 is 4.74 Å². The van der Waals surface area contributed by atoms with Gasteiger partial charge in [0.25, 0.3) is 0 Å². The molecule has 3 rings (SSSR count). The second-order valence-corrected chi connectivity index (χ2v) is 7.11. The van der Waals surface area contributed by atoms with E-state index in [9.17, 15) is 0 Å². The van der Waals surface area contributed by atoms with Crippen molar-refractivity contribution in [2.24, 2.45) is 0 Å². The lowest BCUT2D eigenvalue weighted by Gasteiger charge is -2.36. The molecule has 0 spiro atoms. The summed E-state index contributed by atoms with van der Waals surface area (Å²) in [7, 11) is 0. The van der Waals surface area contributed by atoms with Crippen LogP contribution in [-0.2, 0) is 13.1 Å². The van der Waals surface area contributed by atoms with Gasteiger partial charge in [-0.25, -0.2) is 0 Å². The molecule has 0 bridgehead atoms. The van der Waals surface area contributed by atoms with Crippen molar-refractivity contribution in [3.8, 4) is 5.75 Å². The summed E-state index contributed by atoms with van der Waals surface area (Å²) >= 11 is 5.60. The highest BCUT2D eigenvalue weighted by molar-refractivity contribution is 7.80. The van der Waals surface area contributed by atoms with Gasteiger partial charge in [-0.05, 0) is 57.3 Å². The highest BCUT2D eigenvalue weighted by atomic mass is 32.1. The lowest BCUT2D eigenvalue weighted by molar-refractivity contribution is 0.176. The van der Waals surface area contributed by atoms with Crippen molar-refractivity contribution in [2.45, 2.75) is 33.9 Å². The van der Waals surface area contributed by atoms with Crippen LogP contribution in [0.3, 0.4) is 0 Å². The van der Waals surface area contributed by atoms with E-state index >= 15 is 0 Å². The van der Waals surface area contributed by atoms with Crippen LogP contribution in [0.5, 0.6) is 5.75 Å². The van der Waals surface area contributed by atoms with E-state index in [0.29, 0.717) is 6.61 Å². The Bertz CT molecular complexity index is 750. The minimum Gasteiger partial charge on any atom is -0.494 e. The summed E-state index contributed by atoms with van der Waals surface area (Å²) in [6, 6.07) is 7.93. The van der Waals surface area contributed by atoms with Crippen LogP contribution in [0.25, 0.3) is 0 Å². The zero-order valence-corrected chi connectivity index (χ0v) is 17.3. The highest BCUT2D eigenvalue weighted by Gasteiger charge is 2.20. The summed E-state index contributed by atoms with van der Waals surface area (Å²) in [6.45, 7) is 12.7. The van der Waals surface area contributed by atoms with Gasteiger partial charge in [-0.3, -0.25) is 9.58 Å². The number of anilines is 1. The molecule has 1 aromatic carbocycles. The third kappa shape index (κ3) is 4.99. The molecule has 1 saturated heterocycles. The van der Waals surface area contributed by atoms with Gasteiger partial charge in [0.2, 0.25) is 0 Å². The summed E-state index contributed by atoms with van der Waals surface area (Å²) in [5.74, 6) is 0.879. The molecule has 0 saturated carbocycles. The average molecular weight is 388 g/mol. The molecule has 0 amide bonds. The first-order valence-corrected chi connectivity index (χ1v) is 10.0. The Morgan fingerprint density at radius 2 is 1.85 bits per heavy atom. The summed E-state index contributed by atoms with van der Waals surface area (Å²) < 4.78 is 7.53. The molecule has 1 aliphatic rings. The predicted octanol–water partition coefficient (Wildman–Crippen LogP) is 3.12. The van der Waals surface area contributed by atoms with E-state index in [1.165, 1.54) is 11.3 Å². The first-order valence-electron chi connectivity index (χ1n) is 9.63. The molecule has 2 heterocycles. The van der Waals surface area contributed by atoms with Gasteiger partial charge in [0.05, 0.1) is 12.8 Å². The van der Waals surface area contributed by atoms with Crippen LogP contribution >= 0.6 is 12.2 Å². The second kappa shape index (κ2) is 9.19. The topological polar surface area (TPSA) is 45.6 Å². The monoisotopic (exact) mass is 387 g/mol. The Labute approximate surface area is 167 Å². The normalized spacial score (nSPS) is 15.0. The van der Waals surface area contributed by atoms with E-state index in [2.05, 4.69) is 38.7 Å². The van der Waals surface area contributed by atoms with Crippen LogP contribution in [0, 0.1) is 6.92 Å². The maximum atomic E-state index is 5.60. The zero-order chi connectivity index (χ0) is 19.2. The largest absolute Gasteiger partial charge is 0.494 e. The fourth-order valence-corrected chi connectivity index (χ4v) is 3.61. The average Bonchev–Trinajstić information content (AvgIpc) is 3.03. The van der Waals surface area contributed by atoms with Gasteiger partial charge in [0, 0.05) is 56.2 Å². The number of aromatic nitrogens is 2. The Balaban J connectivity index is 1.48. The summed E-state index contributed by atoms with van der Waals surface area (Å²) in [4.78, 5) is 4.71. The minimum absolute atomic E-state index is 0.675. The molecule has 146 valence electrons. The molecule has 0 atom stereocenters. The number of nitrogens with zero attached hydrogens (tertiary/aromatic N) is 4. The number of thiocarbonyl (C=S) groups is 1. The third-order valence-corrected chi connectivity index (χ3v) is 5.33. The molecule has 1 aromatic heterocycles. The molecule has 27 heavy (non-hydrogen) atoms. The fourth-order valence-electron chi connectivity index (χ4n) is 3.31. The van der Waals surface area contributed by atoms with E-state index in [1.54, 1.807) is 0 Å². The van der Waals surface area contributed by atoms with Gasteiger partial charge < -0.3 is 15.0 Å². The molecule has 0 radical (unpaired) electrons. The molecule has 1 aliphatic heterocycles. The molecular weight excluding hydrogens is 358 g/mol. The van der Waals surface area contributed by atoms with Crippen molar-refractivity contribution in [2.75, 3.05) is 38.1 Å². The Morgan fingerprint density at radius 1 is 1.15 bits per heavy atom. The van der Waals surface area contributed by atoms with Gasteiger partial charge in [0.15, 0.2) is 5.11 Å². The van der Waals surface area contributed by atoms with Crippen LogP contribution in [0.2, 0.25) is 0 Å². The number of ether oxygens (including phenoxy) is 1. The summed E-state index contributed by atoms with van der Waals surface area (Å²) in [5.41, 5.74) is 3.58. The predicted molar refractivity (Wildman–Crippen MR) is 113 cm³/mol. The van der Waals surface area contributed by atoms with Gasteiger partial charge >= 0.3 is 0 Å². The number of hydrogen-bond donors (Lipinski definition) is 1. The van der Waals surface area contributed by atoms with Crippen LogP contribution in [-0.4, -0.2) is 57.5 Å². The number of nitrogens with one attached hydrogen (secondary N) is 1. The van der Waals surface area contributed by atoms with Crippen LogP contribution < -0.4 is 10.1 Å². The Kier molecular flexibility index (Phi) is 6.68. The maximum absolute atomic E-state index is 5.60. The molecule has 1 fully saturated rings. The number of benzene rings is 1. The number of piperazine rings is 1. The van der Waals surface area contributed by atoms with E-state index in [-0.39, 0.29) is 0 Å². The van der Waals surface area contributed by atoms with Gasteiger partial charge in [-0.1, -0.05) is 0 Å². The van der Waals surface area contributed by atoms with E-state index in [4.69, 9.17) is 17.0 Å². The number of aryl methyl sites for hydroxylation is 1. The minimum atomic E-state index is 0.675. The lowest BCUT2D eigenvalue weighted by atomic mass is 10.2. The van der Waals surface area contributed by atoms with Crippen LogP contribution in [0.15, 0.2) is 30.5 Å². The number of hydrogen-bond acceptors (Lipinski definition) is 4. The number of rotatable bonds is 6. The van der Waals surface area contributed by atoms with Crippen molar-refractivity contribution in [1.29, 1.82) is 0 Å². The van der Waals surface area contributed by atoms with Crippen molar-refractivity contribution in [1.82, 2.24) is 19.6 Å². The Hall–Kier alpha value is -2.12. The van der Waals surface area contributed by atoms with Crippen LogP contribution in [0.1, 0.15) is 25.1 Å². The molecule has 2 aromatic rings. The van der Waals surface area contributed by atoms with Crippen molar-refractivity contribution in [3.05, 3.63) is 41.7 Å². The summed E-state index contributed by atoms with van der Waals surface area (Å²) in [6.07, 6.45) is 2.00. The molecule has 1 N–H and O–H groups in total. The van der Waals surface area contributed by atoms with Crippen molar-refractivity contribution in [3.63, 3.8) is 0 Å². The quantitative estimate of drug-likeness (QED) is 0.769. The van der Waals surface area contributed by atoms with E-state index in [0.717, 1.165) is 55.8 Å². The maximum Gasteiger partial charge on any atom is 0.173 e. The fraction of sp³-hybridized carbons (Fsp3) is 0.500. The van der Waals surface area contributed by atoms with E-state index < -0.39 is 0 Å².